The predicted molar refractivity (Wildman–Crippen MR) is 111 cm³/mol. The van der Waals surface area contributed by atoms with E-state index in [-0.39, 0.29) is 6.10 Å². The number of ether oxygens (including phenoxy) is 1. The lowest BCUT2D eigenvalue weighted by Crippen LogP contribution is -2.39. The Hall–Kier alpha value is -1.75. The van der Waals surface area contributed by atoms with Gasteiger partial charge in [0.05, 0.1) is 6.10 Å². The second-order valence-electron chi connectivity index (χ2n) is 8.00. The van der Waals surface area contributed by atoms with Crippen molar-refractivity contribution in [2.75, 3.05) is 31.5 Å². The molecule has 1 aromatic rings. The highest BCUT2D eigenvalue weighted by molar-refractivity contribution is 5.92. The highest BCUT2D eigenvalue weighted by Crippen LogP contribution is 2.21. The molecule has 26 heavy (non-hydrogen) atoms. The summed E-state index contributed by atoms with van der Waals surface area (Å²) in [6, 6.07) is 7.80. The van der Waals surface area contributed by atoms with Gasteiger partial charge in [-0.1, -0.05) is 13.8 Å². The molecule has 2 rings (SSSR count). The van der Waals surface area contributed by atoms with Crippen molar-refractivity contribution in [2.24, 2.45) is 22.6 Å². The third-order valence-corrected chi connectivity index (χ3v) is 4.61. The lowest BCUT2D eigenvalue weighted by Gasteiger charge is -2.34. The molecule has 1 aromatic carbocycles. The van der Waals surface area contributed by atoms with E-state index in [0.29, 0.717) is 5.96 Å². The molecule has 5 heteroatoms. The molecule has 0 spiro atoms. The lowest BCUT2D eigenvalue weighted by molar-refractivity contribution is 0.139. The van der Waals surface area contributed by atoms with Crippen LogP contribution in [-0.4, -0.2) is 43.1 Å². The van der Waals surface area contributed by atoms with Gasteiger partial charge in [0.1, 0.15) is 5.75 Å². The second kappa shape index (κ2) is 10.4. The van der Waals surface area contributed by atoms with Crippen LogP contribution >= 0.6 is 0 Å². The minimum Gasteiger partial charge on any atom is -0.491 e. The fourth-order valence-electron chi connectivity index (χ4n) is 3.70. The molecule has 0 aliphatic carbocycles. The second-order valence-corrected chi connectivity index (χ2v) is 8.00. The average Bonchev–Trinajstić information content (AvgIpc) is 2.55. The largest absolute Gasteiger partial charge is 0.491 e. The third-order valence-electron chi connectivity index (χ3n) is 4.61. The normalized spacial score (nSPS) is 21.8. The fourth-order valence-corrected chi connectivity index (χ4v) is 3.70. The van der Waals surface area contributed by atoms with Gasteiger partial charge < -0.3 is 20.7 Å². The molecule has 0 bridgehead atoms. The van der Waals surface area contributed by atoms with Gasteiger partial charge in [0.2, 0.25) is 0 Å². The van der Waals surface area contributed by atoms with Crippen LogP contribution in [0.4, 0.5) is 5.69 Å². The van der Waals surface area contributed by atoms with Crippen LogP contribution in [0.2, 0.25) is 0 Å². The van der Waals surface area contributed by atoms with E-state index in [1.165, 1.54) is 32.5 Å². The van der Waals surface area contributed by atoms with Gasteiger partial charge in [-0.05, 0) is 75.8 Å². The summed E-state index contributed by atoms with van der Waals surface area (Å²) in [4.78, 5) is 7.04. The first-order valence-electron chi connectivity index (χ1n) is 9.98. The summed E-state index contributed by atoms with van der Waals surface area (Å²) >= 11 is 0. The number of hydrogen-bond acceptors (Lipinski definition) is 3. The summed E-state index contributed by atoms with van der Waals surface area (Å²) in [5.41, 5.74) is 6.91. The number of likely N-dealkylation sites (tertiary alicyclic amines) is 1. The van der Waals surface area contributed by atoms with Crippen LogP contribution in [0.25, 0.3) is 0 Å². The molecule has 2 unspecified atom stereocenters. The zero-order valence-corrected chi connectivity index (χ0v) is 16.9. The van der Waals surface area contributed by atoms with E-state index >= 15 is 0 Å². The van der Waals surface area contributed by atoms with Crippen LogP contribution in [0.3, 0.4) is 0 Å². The van der Waals surface area contributed by atoms with Gasteiger partial charge >= 0.3 is 0 Å². The van der Waals surface area contributed by atoms with Crippen molar-refractivity contribution in [2.45, 2.75) is 53.1 Å². The summed E-state index contributed by atoms with van der Waals surface area (Å²) in [6.07, 6.45) is 3.80. The van der Waals surface area contributed by atoms with Crippen molar-refractivity contribution in [1.29, 1.82) is 0 Å². The van der Waals surface area contributed by atoms with E-state index in [9.17, 15) is 0 Å². The number of rotatable bonds is 8. The minimum absolute atomic E-state index is 0.178. The molecule has 0 radical (unpaired) electrons. The van der Waals surface area contributed by atoms with Crippen molar-refractivity contribution >= 4 is 11.6 Å². The van der Waals surface area contributed by atoms with Gasteiger partial charge in [-0.3, -0.25) is 4.99 Å². The van der Waals surface area contributed by atoms with E-state index in [2.05, 4.69) is 29.1 Å². The number of guanidine groups is 1. The van der Waals surface area contributed by atoms with Gasteiger partial charge in [0.15, 0.2) is 5.96 Å². The number of nitrogens with zero attached hydrogens (tertiary/aromatic N) is 2. The highest BCUT2D eigenvalue weighted by Gasteiger charge is 2.20. The topological polar surface area (TPSA) is 62.9 Å². The SMILES string of the molecule is CC1CC(C)CN(CCCCN=C(N)Nc2ccc(OC(C)C)cc2)C1. The minimum atomic E-state index is 0.178. The third kappa shape index (κ3) is 7.65. The number of anilines is 1. The molecule has 0 saturated carbocycles. The molecule has 0 amide bonds. The smallest absolute Gasteiger partial charge is 0.193 e. The first-order valence-corrected chi connectivity index (χ1v) is 9.98. The van der Waals surface area contributed by atoms with Crippen molar-refractivity contribution < 1.29 is 4.74 Å². The molecule has 1 aliphatic rings. The van der Waals surface area contributed by atoms with Crippen molar-refractivity contribution in [3.63, 3.8) is 0 Å². The summed E-state index contributed by atoms with van der Waals surface area (Å²) in [5.74, 6) is 2.99. The first-order chi connectivity index (χ1) is 12.4. The Morgan fingerprint density at radius 1 is 1.19 bits per heavy atom. The monoisotopic (exact) mass is 360 g/mol. The summed E-state index contributed by atoms with van der Waals surface area (Å²) < 4.78 is 5.64. The number of piperidine rings is 1. The van der Waals surface area contributed by atoms with Gasteiger partial charge in [-0.15, -0.1) is 0 Å². The van der Waals surface area contributed by atoms with Crippen LogP contribution in [0.5, 0.6) is 5.75 Å². The molecule has 3 N–H and O–H groups in total. The molecule has 5 nitrogen and oxygen atoms in total. The molecule has 1 heterocycles. The van der Waals surface area contributed by atoms with Gasteiger partial charge in [0.25, 0.3) is 0 Å². The van der Waals surface area contributed by atoms with E-state index in [0.717, 1.165) is 36.2 Å². The van der Waals surface area contributed by atoms with Crippen LogP contribution in [0.15, 0.2) is 29.3 Å². The molecule has 0 aromatic heterocycles. The molecule has 2 atom stereocenters. The Bertz CT molecular complexity index is 546. The Balaban J connectivity index is 1.65. The van der Waals surface area contributed by atoms with E-state index in [1.54, 1.807) is 0 Å². The average molecular weight is 361 g/mol. The van der Waals surface area contributed by atoms with Crippen molar-refractivity contribution in [3.8, 4) is 5.75 Å². The molecule has 1 fully saturated rings. The number of nitrogens with one attached hydrogen (secondary N) is 1. The standard InChI is InChI=1S/C21H36N4O/c1-16(2)26-20-9-7-19(8-10-20)24-21(22)23-11-5-6-12-25-14-17(3)13-18(4)15-25/h7-10,16-18H,5-6,11-15H2,1-4H3,(H3,22,23,24). The van der Waals surface area contributed by atoms with Gasteiger partial charge in [-0.2, -0.15) is 0 Å². The summed E-state index contributed by atoms with van der Waals surface area (Å²) in [5, 5.41) is 3.14. The number of nitrogens with two attached hydrogens (primary N) is 1. The van der Waals surface area contributed by atoms with E-state index < -0.39 is 0 Å². The zero-order valence-electron chi connectivity index (χ0n) is 16.9. The number of aliphatic imine (C=N–C) groups is 1. The van der Waals surface area contributed by atoms with Crippen LogP contribution in [0, 0.1) is 11.8 Å². The highest BCUT2D eigenvalue weighted by atomic mass is 16.5. The Morgan fingerprint density at radius 3 is 2.46 bits per heavy atom. The fraction of sp³-hybridized carbons (Fsp3) is 0.667. The maximum absolute atomic E-state index is 5.98. The Morgan fingerprint density at radius 2 is 1.85 bits per heavy atom. The van der Waals surface area contributed by atoms with Crippen molar-refractivity contribution in [1.82, 2.24) is 4.90 Å². The maximum Gasteiger partial charge on any atom is 0.193 e. The van der Waals surface area contributed by atoms with Crippen LogP contribution in [0.1, 0.15) is 47.0 Å². The molecule has 1 aliphatic heterocycles. The summed E-state index contributed by atoms with van der Waals surface area (Å²) in [6.45, 7) is 13.2. The summed E-state index contributed by atoms with van der Waals surface area (Å²) in [7, 11) is 0. The van der Waals surface area contributed by atoms with Crippen molar-refractivity contribution in [3.05, 3.63) is 24.3 Å². The number of hydrogen-bond donors (Lipinski definition) is 2. The maximum atomic E-state index is 5.98. The van der Waals surface area contributed by atoms with Gasteiger partial charge in [0, 0.05) is 25.3 Å². The molecular formula is C21H36N4O. The molecule has 1 saturated heterocycles. The lowest BCUT2D eigenvalue weighted by atomic mass is 9.92. The van der Waals surface area contributed by atoms with E-state index in [1.807, 2.05) is 38.1 Å². The quantitative estimate of drug-likeness (QED) is 0.418. The van der Waals surface area contributed by atoms with E-state index in [4.69, 9.17) is 10.5 Å². The molecule has 146 valence electrons. The zero-order chi connectivity index (χ0) is 18.9. The Kier molecular flexibility index (Phi) is 8.23. The molecular weight excluding hydrogens is 324 g/mol. The Labute approximate surface area is 159 Å². The predicted octanol–water partition coefficient (Wildman–Crippen LogP) is 3.96. The van der Waals surface area contributed by atoms with Crippen LogP contribution < -0.4 is 15.8 Å². The van der Waals surface area contributed by atoms with Crippen LogP contribution in [-0.2, 0) is 0 Å². The van der Waals surface area contributed by atoms with Gasteiger partial charge in [-0.25, -0.2) is 0 Å². The number of benzene rings is 1. The number of unbranched alkanes of at least 4 members (excludes halogenated alkanes) is 1. The first kappa shape index (κ1) is 20.6.